The summed E-state index contributed by atoms with van der Waals surface area (Å²) in [7, 11) is 0. The number of hydrogen-bond donors (Lipinski definition) is 2. The number of rotatable bonds is 5. The van der Waals surface area contributed by atoms with Gasteiger partial charge in [-0.15, -0.1) is 10.2 Å². The molecule has 0 bridgehead atoms. The number of aromatic nitrogens is 5. The average Bonchev–Trinajstić information content (AvgIpc) is 2.84. The van der Waals surface area contributed by atoms with E-state index in [1.807, 2.05) is 11.5 Å². The quantitative estimate of drug-likeness (QED) is 0.788. The summed E-state index contributed by atoms with van der Waals surface area (Å²) in [5, 5.41) is 19.5. The first-order valence-corrected chi connectivity index (χ1v) is 5.36. The van der Waals surface area contributed by atoms with Gasteiger partial charge in [-0.05, 0) is 6.92 Å². The van der Waals surface area contributed by atoms with Gasteiger partial charge in [0, 0.05) is 6.54 Å². The van der Waals surface area contributed by atoms with E-state index in [1.165, 1.54) is 12.4 Å². The van der Waals surface area contributed by atoms with E-state index in [4.69, 9.17) is 5.11 Å². The van der Waals surface area contributed by atoms with E-state index in [0.717, 1.165) is 12.4 Å². The molecule has 2 aromatic heterocycles. The monoisotopic (exact) mass is 248 g/mol. The Morgan fingerprint density at radius 2 is 2.33 bits per heavy atom. The molecule has 0 amide bonds. The van der Waals surface area contributed by atoms with Gasteiger partial charge in [-0.2, -0.15) is 0 Å². The number of carboxylic acids is 1. The molecule has 0 aliphatic rings. The standard InChI is InChI=1S/C10H12N6O2/c1-2-16-6-13-15-9(16)5-12-8-4-11-3-7(14-8)10(17)18/h3-4,6H,2,5H2,1H3,(H,12,14)(H,17,18). The molecule has 0 spiro atoms. The van der Waals surface area contributed by atoms with E-state index < -0.39 is 5.97 Å². The van der Waals surface area contributed by atoms with Gasteiger partial charge < -0.3 is 15.0 Å². The van der Waals surface area contributed by atoms with Crippen molar-refractivity contribution >= 4 is 11.8 Å². The molecule has 0 fully saturated rings. The smallest absolute Gasteiger partial charge is 0.356 e. The summed E-state index contributed by atoms with van der Waals surface area (Å²) in [5.41, 5.74) is -0.100. The Morgan fingerprint density at radius 3 is 3.06 bits per heavy atom. The molecular weight excluding hydrogens is 236 g/mol. The van der Waals surface area contributed by atoms with Gasteiger partial charge in [-0.25, -0.2) is 9.78 Å². The molecule has 0 saturated carbocycles. The lowest BCUT2D eigenvalue weighted by Gasteiger charge is -2.06. The lowest BCUT2D eigenvalue weighted by atomic mass is 10.4. The Hall–Kier alpha value is -2.51. The second kappa shape index (κ2) is 5.21. The minimum Gasteiger partial charge on any atom is -0.476 e. The van der Waals surface area contributed by atoms with Crippen LogP contribution < -0.4 is 5.32 Å². The molecule has 0 aliphatic carbocycles. The van der Waals surface area contributed by atoms with E-state index in [2.05, 4.69) is 25.5 Å². The second-order valence-corrected chi connectivity index (χ2v) is 3.48. The van der Waals surface area contributed by atoms with E-state index in [1.54, 1.807) is 6.33 Å². The minimum absolute atomic E-state index is 0.100. The van der Waals surface area contributed by atoms with Crippen molar-refractivity contribution in [1.29, 1.82) is 0 Å². The Labute approximate surface area is 103 Å². The van der Waals surface area contributed by atoms with Crippen molar-refractivity contribution in [3.8, 4) is 0 Å². The van der Waals surface area contributed by atoms with Crippen molar-refractivity contribution in [1.82, 2.24) is 24.7 Å². The van der Waals surface area contributed by atoms with Crippen LogP contribution in [0, 0.1) is 0 Å². The molecule has 8 heteroatoms. The zero-order valence-electron chi connectivity index (χ0n) is 9.74. The number of carbonyl (C=O) groups is 1. The normalized spacial score (nSPS) is 10.3. The Balaban J connectivity index is 2.06. The van der Waals surface area contributed by atoms with Crippen molar-refractivity contribution in [3.05, 3.63) is 30.2 Å². The summed E-state index contributed by atoms with van der Waals surface area (Å²) in [6.45, 7) is 3.16. The predicted molar refractivity (Wildman–Crippen MR) is 62.0 cm³/mol. The van der Waals surface area contributed by atoms with Crippen molar-refractivity contribution in [2.75, 3.05) is 5.32 Å². The van der Waals surface area contributed by atoms with Crippen molar-refractivity contribution in [2.45, 2.75) is 20.0 Å². The van der Waals surface area contributed by atoms with Gasteiger partial charge in [0.25, 0.3) is 0 Å². The molecule has 2 N–H and O–H groups in total. The van der Waals surface area contributed by atoms with E-state index >= 15 is 0 Å². The third-order valence-corrected chi connectivity index (χ3v) is 2.32. The predicted octanol–water partition coefficient (Wildman–Crippen LogP) is 0.398. The van der Waals surface area contributed by atoms with Crippen LogP contribution in [0.3, 0.4) is 0 Å². The van der Waals surface area contributed by atoms with E-state index in [9.17, 15) is 4.79 Å². The molecule has 0 aromatic carbocycles. The lowest BCUT2D eigenvalue weighted by molar-refractivity contribution is 0.0690. The molecule has 0 unspecified atom stereocenters. The van der Waals surface area contributed by atoms with Gasteiger partial charge in [0.1, 0.15) is 12.1 Å². The fraction of sp³-hybridized carbons (Fsp3) is 0.300. The van der Waals surface area contributed by atoms with Crippen LogP contribution in [0.4, 0.5) is 5.82 Å². The van der Waals surface area contributed by atoms with Gasteiger partial charge in [0.15, 0.2) is 11.5 Å². The number of anilines is 1. The van der Waals surface area contributed by atoms with Crippen LogP contribution in [-0.4, -0.2) is 35.8 Å². The third kappa shape index (κ3) is 2.59. The molecule has 0 atom stereocenters. The first-order valence-electron chi connectivity index (χ1n) is 5.36. The lowest BCUT2D eigenvalue weighted by Crippen LogP contribution is -2.10. The summed E-state index contributed by atoms with van der Waals surface area (Å²) >= 11 is 0. The minimum atomic E-state index is -1.11. The summed E-state index contributed by atoms with van der Waals surface area (Å²) in [6, 6.07) is 0. The largest absolute Gasteiger partial charge is 0.476 e. The van der Waals surface area contributed by atoms with Crippen LogP contribution in [-0.2, 0) is 13.1 Å². The van der Waals surface area contributed by atoms with Gasteiger partial charge >= 0.3 is 5.97 Å². The summed E-state index contributed by atoms with van der Waals surface area (Å²) < 4.78 is 1.88. The fourth-order valence-corrected chi connectivity index (χ4v) is 1.40. The number of aryl methyl sites for hydroxylation is 1. The maximum absolute atomic E-state index is 10.7. The highest BCUT2D eigenvalue weighted by Crippen LogP contribution is 2.04. The van der Waals surface area contributed by atoms with Crippen LogP contribution >= 0.6 is 0 Å². The summed E-state index contributed by atoms with van der Waals surface area (Å²) in [5.74, 6) is 0.0310. The molecule has 0 radical (unpaired) electrons. The number of nitrogens with zero attached hydrogens (tertiary/aromatic N) is 5. The Morgan fingerprint density at radius 1 is 1.50 bits per heavy atom. The molecule has 0 aliphatic heterocycles. The van der Waals surface area contributed by atoms with Gasteiger partial charge in [-0.1, -0.05) is 0 Å². The van der Waals surface area contributed by atoms with Gasteiger partial charge in [0.05, 0.1) is 18.9 Å². The Kier molecular flexibility index (Phi) is 3.46. The highest BCUT2D eigenvalue weighted by molar-refractivity contribution is 5.85. The summed E-state index contributed by atoms with van der Waals surface area (Å²) in [6.07, 6.45) is 4.29. The Bertz CT molecular complexity index is 553. The second-order valence-electron chi connectivity index (χ2n) is 3.48. The molecule has 18 heavy (non-hydrogen) atoms. The fourth-order valence-electron chi connectivity index (χ4n) is 1.40. The highest BCUT2D eigenvalue weighted by Gasteiger charge is 2.07. The van der Waals surface area contributed by atoms with Crippen molar-refractivity contribution in [3.63, 3.8) is 0 Å². The molecule has 2 aromatic rings. The van der Waals surface area contributed by atoms with Crippen molar-refractivity contribution in [2.24, 2.45) is 0 Å². The average molecular weight is 248 g/mol. The van der Waals surface area contributed by atoms with E-state index in [-0.39, 0.29) is 5.69 Å². The molecule has 0 saturated heterocycles. The maximum Gasteiger partial charge on any atom is 0.356 e. The van der Waals surface area contributed by atoms with Crippen LogP contribution in [0.5, 0.6) is 0 Å². The first-order chi connectivity index (χ1) is 8.70. The number of nitrogens with one attached hydrogen (secondary N) is 1. The maximum atomic E-state index is 10.7. The van der Waals surface area contributed by atoms with Gasteiger partial charge in [-0.3, -0.25) is 4.98 Å². The van der Waals surface area contributed by atoms with Crippen LogP contribution in [0.25, 0.3) is 0 Å². The molecule has 2 rings (SSSR count). The zero-order valence-corrected chi connectivity index (χ0v) is 9.74. The molecule has 94 valence electrons. The molecular formula is C10H12N6O2. The third-order valence-electron chi connectivity index (χ3n) is 2.32. The summed E-state index contributed by atoms with van der Waals surface area (Å²) in [4.78, 5) is 18.4. The SMILES string of the molecule is CCn1cnnc1CNc1cncc(C(=O)O)n1. The highest BCUT2D eigenvalue weighted by atomic mass is 16.4. The van der Waals surface area contributed by atoms with E-state index in [0.29, 0.717) is 12.4 Å². The first kappa shape index (κ1) is 12.0. The topological polar surface area (TPSA) is 106 Å². The number of carboxylic acid groups (broad SMARTS) is 1. The van der Waals surface area contributed by atoms with Crippen LogP contribution in [0.2, 0.25) is 0 Å². The van der Waals surface area contributed by atoms with Crippen molar-refractivity contribution < 1.29 is 9.90 Å². The number of hydrogen-bond acceptors (Lipinski definition) is 6. The molecule has 8 nitrogen and oxygen atoms in total. The molecule has 2 heterocycles. The van der Waals surface area contributed by atoms with Crippen LogP contribution in [0.15, 0.2) is 18.7 Å². The zero-order chi connectivity index (χ0) is 13.0. The van der Waals surface area contributed by atoms with Crippen LogP contribution in [0.1, 0.15) is 23.2 Å². The van der Waals surface area contributed by atoms with Gasteiger partial charge in [0.2, 0.25) is 0 Å². The number of aromatic carboxylic acids is 1.